The molecule has 1 N–H and O–H groups in total. The normalized spacial score (nSPS) is 19.9. The maximum absolute atomic E-state index is 13.4. The number of nitrogens with zero attached hydrogens (tertiary/aromatic N) is 1. The van der Waals surface area contributed by atoms with Gasteiger partial charge in [0.25, 0.3) is 0 Å². The Morgan fingerprint density at radius 2 is 2.16 bits per heavy atom. The molecular weight excluding hydrogens is 249 g/mol. The summed E-state index contributed by atoms with van der Waals surface area (Å²) >= 11 is 0. The summed E-state index contributed by atoms with van der Waals surface area (Å²) < 4.78 is 18.7. The first-order chi connectivity index (χ1) is 9.11. The smallest absolute Gasteiger partial charge is 0.328 e. The number of rotatable bonds is 4. The van der Waals surface area contributed by atoms with Crippen LogP contribution in [0.5, 0.6) is 0 Å². The highest BCUT2D eigenvalue weighted by molar-refractivity contribution is 5.80. The number of morpholine rings is 1. The van der Waals surface area contributed by atoms with Crippen LogP contribution < -0.4 is 0 Å². The lowest BCUT2D eigenvalue weighted by Gasteiger charge is -2.42. The molecule has 0 saturated carbocycles. The van der Waals surface area contributed by atoms with Crippen LogP contribution in [0.25, 0.3) is 0 Å². The number of benzene rings is 1. The van der Waals surface area contributed by atoms with E-state index in [0.29, 0.717) is 38.3 Å². The van der Waals surface area contributed by atoms with Crippen molar-refractivity contribution in [2.24, 2.45) is 0 Å². The van der Waals surface area contributed by atoms with Gasteiger partial charge in [-0.3, -0.25) is 4.90 Å². The van der Waals surface area contributed by atoms with Crippen LogP contribution in [0.15, 0.2) is 24.3 Å². The van der Waals surface area contributed by atoms with E-state index in [0.717, 1.165) is 0 Å². The van der Waals surface area contributed by atoms with E-state index in [9.17, 15) is 14.3 Å². The van der Waals surface area contributed by atoms with Gasteiger partial charge in [0.1, 0.15) is 11.4 Å². The van der Waals surface area contributed by atoms with Crippen LogP contribution in [0.2, 0.25) is 0 Å². The third-order valence-corrected chi connectivity index (χ3v) is 3.72. The number of hydrogen-bond donors (Lipinski definition) is 1. The first-order valence-corrected chi connectivity index (χ1v) is 6.43. The molecule has 0 aromatic heterocycles. The van der Waals surface area contributed by atoms with Gasteiger partial charge in [-0.15, -0.1) is 0 Å². The molecule has 1 saturated heterocycles. The summed E-state index contributed by atoms with van der Waals surface area (Å²) in [4.78, 5) is 13.7. The summed E-state index contributed by atoms with van der Waals surface area (Å²) in [5.41, 5.74) is -0.685. The standard InChI is InChI=1S/C14H18FNO3/c1-2-14(13(17)18,16-6-8-19-9-7-16)11-4-3-5-12(15)10-11/h3-5,10H,2,6-9H2,1H3,(H,17,18). The zero-order valence-corrected chi connectivity index (χ0v) is 10.9. The maximum Gasteiger partial charge on any atom is 0.328 e. The second kappa shape index (κ2) is 5.67. The summed E-state index contributed by atoms with van der Waals surface area (Å²) in [6, 6.07) is 5.87. The minimum atomic E-state index is -1.17. The number of carbonyl (C=O) groups is 1. The predicted molar refractivity (Wildman–Crippen MR) is 68.4 cm³/mol. The molecule has 1 aliphatic heterocycles. The lowest BCUT2D eigenvalue weighted by molar-refractivity contribution is -0.156. The van der Waals surface area contributed by atoms with Crippen molar-refractivity contribution < 1.29 is 19.0 Å². The molecule has 1 heterocycles. The molecular formula is C14H18FNO3. The first kappa shape index (κ1) is 14.0. The molecule has 1 aromatic rings. The maximum atomic E-state index is 13.4. The molecule has 19 heavy (non-hydrogen) atoms. The number of hydrogen-bond acceptors (Lipinski definition) is 3. The number of ether oxygens (including phenoxy) is 1. The molecule has 0 aliphatic carbocycles. The Hall–Kier alpha value is -1.46. The number of aliphatic carboxylic acids is 1. The molecule has 1 unspecified atom stereocenters. The average Bonchev–Trinajstić information content (AvgIpc) is 2.41. The van der Waals surface area contributed by atoms with Crippen LogP contribution in [0, 0.1) is 5.82 Å². The van der Waals surface area contributed by atoms with Crippen LogP contribution in [0.1, 0.15) is 18.9 Å². The minimum Gasteiger partial charge on any atom is -0.480 e. The predicted octanol–water partition coefficient (Wildman–Crippen LogP) is 1.85. The highest BCUT2D eigenvalue weighted by atomic mass is 19.1. The molecule has 0 radical (unpaired) electrons. The molecule has 104 valence electrons. The fourth-order valence-electron chi connectivity index (χ4n) is 2.71. The number of halogens is 1. The van der Waals surface area contributed by atoms with Crippen molar-refractivity contribution >= 4 is 5.97 Å². The van der Waals surface area contributed by atoms with Gasteiger partial charge in [0, 0.05) is 13.1 Å². The molecule has 0 bridgehead atoms. The van der Waals surface area contributed by atoms with Gasteiger partial charge in [-0.2, -0.15) is 0 Å². The molecule has 1 fully saturated rings. The van der Waals surface area contributed by atoms with Gasteiger partial charge < -0.3 is 9.84 Å². The van der Waals surface area contributed by atoms with E-state index in [2.05, 4.69) is 0 Å². The first-order valence-electron chi connectivity index (χ1n) is 6.43. The summed E-state index contributed by atoms with van der Waals surface area (Å²) in [7, 11) is 0. The van der Waals surface area contributed by atoms with E-state index in [-0.39, 0.29) is 0 Å². The Morgan fingerprint density at radius 1 is 1.47 bits per heavy atom. The van der Waals surface area contributed by atoms with Gasteiger partial charge in [0.15, 0.2) is 0 Å². The Balaban J connectivity index is 2.46. The van der Waals surface area contributed by atoms with Crippen molar-refractivity contribution in [3.8, 4) is 0 Å². The summed E-state index contributed by atoms with van der Waals surface area (Å²) in [6.07, 6.45) is 0.381. The number of carboxylic acid groups (broad SMARTS) is 1. The van der Waals surface area contributed by atoms with Crippen LogP contribution in [-0.2, 0) is 15.1 Å². The quantitative estimate of drug-likeness (QED) is 0.904. The summed E-state index contributed by atoms with van der Waals surface area (Å²) in [5, 5.41) is 9.72. The van der Waals surface area contributed by atoms with E-state index >= 15 is 0 Å². The fourth-order valence-corrected chi connectivity index (χ4v) is 2.71. The number of carboxylic acids is 1. The monoisotopic (exact) mass is 267 g/mol. The zero-order chi connectivity index (χ0) is 13.9. The zero-order valence-electron chi connectivity index (χ0n) is 10.9. The summed E-state index contributed by atoms with van der Waals surface area (Å²) in [5.74, 6) is -1.35. The second-order valence-corrected chi connectivity index (χ2v) is 4.63. The Morgan fingerprint density at radius 3 is 2.68 bits per heavy atom. The lowest BCUT2D eigenvalue weighted by atomic mass is 9.85. The molecule has 1 aromatic carbocycles. The van der Waals surface area contributed by atoms with Gasteiger partial charge in [-0.25, -0.2) is 9.18 Å². The molecule has 4 nitrogen and oxygen atoms in total. The average molecular weight is 267 g/mol. The highest BCUT2D eigenvalue weighted by Gasteiger charge is 2.45. The highest BCUT2D eigenvalue weighted by Crippen LogP contribution is 2.33. The van der Waals surface area contributed by atoms with Gasteiger partial charge >= 0.3 is 5.97 Å². The Kier molecular flexibility index (Phi) is 4.17. The van der Waals surface area contributed by atoms with E-state index < -0.39 is 17.3 Å². The third-order valence-electron chi connectivity index (χ3n) is 3.72. The van der Waals surface area contributed by atoms with E-state index in [1.54, 1.807) is 12.1 Å². The van der Waals surface area contributed by atoms with E-state index in [1.165, 1.54) is 12.1 Å². The van der Waals surface area contributed by atoms with Gasteiger partial charge in [-0.05, 0) is 24.1 Å². The van der Waals surface area contributed by atoms with Crippen LogP contribution in [0.4, 0.5) is 4.39 Å². The molecule has 0 amide bonds. The van der Waals surface area contributed by atoms with Crippen molar-refractivity contribution in [2.45, 2.75) is 18.9 Å². The largest absolute Gasteiger partial charge is 0.480 e. The van der Waals surface area contributed by atoms with Crippen molar-refractivity contribution in [2.75, 3.05) is 26.3 Å². The molecule has 0 spiro atoms. The topological polar surface area (TPSA) is 49.8 Å². The van der Waals surface area contributed by atoms with Crippen molar-refractivity contribution in [1.82, 2.24) is 4.90 Å². The molecule has 5 heteroatoms. The third kappa shape index (κ3) is 2.48. The summed E-state index contributed by atoms with van der Waals surface area (Å²) in [6.45, 7) is 3.90. The van der Waals surface area contributed by atoms with Crippen LogP contribution in [-0.4, -0.2) is 42.3 Å². The molecule has 2 rings (SSSR count). The van der Waals surface area contributed by atoms with Crippen molar-refractivity contribution in [3.63, 3.8) is 0 Å². The molecule has 1 aliphatic rings. The van der Waals surface area contributed by atoms with Gasteiger partial charge in [0.05, 0.1) is 13.2 Å². The van der Waals surface area contributed by atoms with E-state index in [4.69, 9.17) is 4.74 Å². The lowest BCUT2D eigenvalue weighted by Crippen LogP contribution is -2.55. The Bertz CT molecular complexity index is 460. The van der Waals surface area contributed by atoms with Gasteiger partial charge in [-0.1, -0.05) is 19.1 Å². The SMILES string of the molecule is CCC(C(=O)O)(c1cccc(F)c1)N1CCOCC1. The van der Waals surface area contributed by atoms with Crippen LogP contribution >= 0.6 is 0 Å². The van der Waals surface area contributed by atoms with Crippen molar-refractivity contribution in [3.05, 3.63) is 35.6 Å². The van der Waals surface area contributed by atoms with Crippen LogP contribution in [0.3, 0.4) is 0 Å². The minimum absolute atomic E-state index is 0.381. The fraction of sp³-hybridized carbons (Fsp3) is 0.500. The van der Waals surface area contributed by atoms with E-state index in [1.807, 2.05) is 11.8 Å². The molecule has 1 atom stereocenters. The van der Waals surface area contributed by atoms with Crippen molar-refractivity contribution in [1.29, 1.82) is 0 Å². The second-order valence-electron chi connectivity index (χ2n) is 4.63. The Labute approximate surface area is 111 Å². The van der Waals surface area contributed by atoms with Gasteiger partial charge in [0.2, 0.25) is 0 Å².